The number of methoxy groups -OCH3 is 1. The lowest BCUT2D eigenvalue weighted by atomic mass is 10.3. The molecule has 96 valence electrons. The summed E-state index contributed by atoms with van der Waals surface area (Å²) in [4.78, 5) is 4.27. The van der Waals surface area contributed by atoms with Crippen LogP contribution in [0.2, 0.25) is 0 Å². The topological polar surface area (TPSA) is 56.3 Å². The number of ether oxygens (including phenoxy) is 1. The molecule has 0 aliphatic carbocycles. The van der Waals surface area contributed by atoms with Gasteiger partial charge in [-0.3, -0.25) is 0 Å². The van der Waals surface area contributed by atoms with E-state index in [1.54, 1.807) is 42.8 Å². The molecule has 0 amide bonds. The summed E-state index contributed by atoms with van der Waals surface area (Å²) in [6, 6.07) is 6.62. The molecular formula is C12H13NO3S2. The molecule has 2 aromatic rings. The van der Waals surface area contributed by atoms with Crippen molar-refractivity contribution in [3.8, 4) is 5.75 Å². The van der Waals surface area contributed by atoms with Gasteiger partial charge < -0.3 is 4.74 Å². The van der Waals surface area contributed by atoms with Gasteiger partial charge in [-0.1, -0.05) is 12.1 Å². The second-order valence-corrected chi connectivity index (χ2v) is 6.87. The van der Waals surface area contributed by atoms with E-state index in [2.05, 4.69) is 4.98 Å². The second-order valence-electron chi connectivity index (χ2n) is 3.71. The third kappa shape index (κ3) is 2.26. The molecule has 1 atom stereocenters. The van der Waals surface area contributed by atoms with Gasteiger partial charge in [-0.05, 0) is 19.1 Å². The van der Waals surface area contributed by atoms with E-state index in [9.17, 15) is 8.42 Å². The lowest BCUT2D eigenvalue weighted by Gasteiger charge is -2.13. The highest BCUT2D eigenvalue weighted by Crippen LogP contribution is 2.34. The molecule has 0 radical (unpaired) electrons. The largest absolute Gasteiger partial charge is 0.495 e. The van der Waals surface area contributed by atoms with Crippen LogP contribution in [-0.2, 0) is 9.84 Å². The number of hydrogen-bond acceptors (Lipinski definition) is 5. The van der Waals surface area contributed by atoms with Crippen LogP contribution in [0.3, 0.4) is 0 Å². The number of rotatable bonds is 4. The fourth-order valence-corrected chi connectivity index (χ4v) is 4.14. The molecule has 1 heterocycles. The normalized spacial score (nSPS) is 13.2. The fraction of sp³-hybridized carbons (Fsp3) is 0.250. The van der Waals surface area contributed by atoms with Crippen molar-refractivity contribution >= 4 is 21.2 Å². The van der Waals surface area contributed by atoms with E-state index in [1.807, 2.05) is 0 Å². The van der Waals surface area contributed by atoms with Gasteiger partial charge in [0.2, 0.25) is 0 Å². The zero-order valence-corrected chi connectivity index (χ0v) is 11.7. The minimum Gasteiger partial charge on any atom is -0.495 e. The highest BCUT2D eigenvalue weighted by atomic mass is 32.2. The first kappa shape index (κ1) is 13.0. The zero-order chi connectivity index (χ0) is 13.2. The summed E-state index contributed by atoms with van der Waals surface area (Å²) in [6.45, 7) is 1.64. The molecule has 2 rings (SSSR count). The van der Waals surface area contributed by atoms with E-state index in [1.165, 1.54) is 18.4 Å². The first-order chi connectivity index (χ1) is 8.57. The Bertz CT molecular complexity index is 621. The lowest BCUT2D eigenvalue weighted by Crippen LogP contribution is -2.11. The van der Waals surface area contributed by atoms with Gasteiger partial charge in [0.1, 0.15) is 20.9 Å². The van der Waals surface area contributed by atoms with Gasteiger partial charge in [-0.25, -0.2) is 13.4 Å². The first-order valence-electron chi connectivity index (χ1n) is 5.33. The highest BCUT2D eigenvalue weighted by molar-refractivity contribution is 7.91. The Morgan fingerprint density at radius 1 is 1.33 bits per heavy atom. The van der Waals surface area contributed by atoms with E-state index < -0.39 is 15.1 Å². The van der Waals surface area contributed by atoms with Crippen LogP contribution in [0.25, 0.3) is 0 Å². The average Bonchev–Trinajstić information content (AvgIpc) is 2.91. The molecular weight excluding hydrogens is 270 g/mol. The van der Waals surface area contributed by atoms with Crippen molar-refractivity contribution in [3.63, 3.8) is 0 Å². The molecule has 1 unspecified atom stereocenters. The fourth-order valence-electron chi connectivity index (χ4n) is 1.61. The van der Waals surface area contributed by atoms with Gasteiger partial charge in [0.05, 0.1) is 7.11 Å². The maximum Gasteiger partial charge on any atom is 0.191 e. The van der Waals surface area contributed by atoms with Gasteiger partial charge in [-0.2, -0.15) is 0 Å². The van der Waals surface area contributed by atoms with E-state index in [0.29, 0.717) is 10.8 Å². The number of thiazole rings is 1. The highest BCUT2D eigenvalue weighted by Gasteiger charge is 2.29. The summed E-state index contributed by atoms with van der Waals surface area (Å²) in [7, 11) is -2.02. The molecule has 18 heavy (non-hydrogen) atoms. The molecule has 6 heteroatoms. The van der Waals surface area contributed by atoms with Crippen molar-refractivity contribution in [2.75, 3.05) is 7.11 Å². The zero-order valence-electron chi connectivity index (χ0n) is 10.0. The van der Waals surface area contributed by atoms with E-state index in [0.717, 1.165) is 0 Å². The summed E-state index contributed by atoms with van der Waals surface area (Å²) in [5.41, 5.74) is 0. The van der Waals surface area contributed by atoms with Crippen LogP contribution in [0.15, 0.2) is 40.7 Å². The molecule has 1 aromatic carbocycles. The summed E-state index contributed by atoms with van der Waals surface area (Å²) < 4.78 is 30.1. The molecule has 0 aliphatic heterocycles. The van der Waals surface area contributed by atoms with Crippen molar-refractivity contribution < 1.29 is 13.2 Å². The Labute approximate surface area is 110 Å². The molecule has 0 saturated carbocycles. The predicted octanol–water partition coefficient (Wildman–Crippen LogP) is 2.69. The van der Waals surface area contributed by atoms with Crippen molar-refractivity contribution in [2.24, 2.45) is 0 Å². The van der Waals surface area contributed by atoms with Gasteiger partial charge in [-0.15, -0.1) is 11.3 Å². The van der Waals surface area contributed by atoms with Crippen LogP contribution in [0.1, 0.15) is 17.2 Å². The van der Waals surface area contributed by atoms with Crippen LogP contribution in [0.4, 0.5) is 0 Å². The molecule has 1 aromatic heterocycles. The van der Waals surface area contributed by atoms with Crippen LogP contribution >= 0.6 is 11.3 Å². The standard InChI is InChI=1S/C12H13NO3S2/c1-9(12-13-7-8-17-12)18(14,15)11-6-4-3-5-10(11)16-2/h3-9H,1-2H3. The molecule has 0 saturated heterocycles. The number of benzene rings is 1. The SMILES string of the molecule is COc1ccccc1S(=O)(=O)C(C)c1nccs1. The van der Waals surface area contributed by atoms with Gasteiger partial charge in [0.25, 0.3) is 0 Å². The quantitative estimate of drug-likeness (QED) is 0.865. The minimum atomic E-state index is -3.48. The lowest BCUT2D eigenvalue weighted by molar-refractivity contribution is 0.402. The summed E-state index contributed by atoms with van der Waals surface area (Å²) >= 11 is 1.33. The number of para-hydroxylation sites is 1. The van der Waals surface area contributed by atoms with Crippen molar-refractivity contribution in [1.29, 1.82) is 0 Å². The maximum absolute atomic E-state index is 12.5. The van der Waals surface area contributed by atoms with E-state index >= 15 is 0 Å². The monoisotopic (exact) mass is 283 g/mol. The number of nitrogens with zero attached hydrogens (tertiary/aromatic N) is 1. The Hall–Kier alpha value is -1.40. The molecule has 0 spiro atoms. The minimum absolute atomic E-state index is 0.204. The van der Waals surface area contributed by atoms with Gasteiger partial charge >= 0.3 is 0 Å². The number of aromatic nitrogens is 1. The maximum atomic E-state index is 12.5. The Balaban J connectivity index is 2.49. The molecule has 0 fully saturated rings. The second kappa shape index (κ2) is 5.07. The van der Waals surface area contributed by atoms with E-state index in [4.69, 9.17) is 4.74 Å². The van der Waals surface area contributed by atoms with Crippen LogP contribution in [0.5, 0.6) is 5.75 Å². The van der Waals surface area contributed by atoms with E-state index in [-0.39, 0.29) is 4.90 Å². The third-order valence-corrected chi connectivity index (χ3v) is 5.85. The Morgan fingerprint density at radius 3 is 2.67 bits per heavy atom. The predicted molar refractivity (Wildman–Crippen MR) is 70.7 cm³/mol. The number of hydrogen-bond donors (Lipinski definition) is 0. The molecule has 0 bridgehead atoms. The molecule has 0 N–H and O–H groups in total. The Kier molecular flexibility index (Phi) is 3.68. The van der Waals surface area contributed by atoms with Gasteiger partial charge in [0, 0.05) is 11.6 Å². The smallest absolute Gasteiger partial charge is 0.191 e. The van der Waals surface area contributed by atoms with Crippen molar-refractivity contribution in [1.82, 2.24) is 4.98 Å². The van der Waals surface area contributed by atoms with Crippen molar-refractivity contribution in [3.05, 3.63) is 40.8 Å². The van der Waals surface area contributed by atoms with Crippen molar-refractivity contribution in [2.45, 2.75) is 17.1 Å². The Morgan fingerprint density at radius 2 is 2.06 bits per heavy atom. The first-order valence-corrected chi connectivity index (χ1v) is 7.76. The summed E-state index contributed by atoms with van der Waals surface area (Å²) in [5.74, 6) is 0.362. The van der Waals surface area contributed by atoms with Crippen LogP contribution < -0.4 is 4.74 Å². The average molecular weight is 283 g/mol. The van der Waals surface area contributed by atoms with Crippen LogP contribution in [0, 0.1) is 0 Å². The van der Waals surface area contributed by atoms with Gasteiger partial charge in [0.15, 0.2) is 9.84 Å². The van der Waals surface area contributed by atoms with Crippen LogP contribution in [-0.4, -0.2) is 20.5 Å². The summed E-state index contributed by atoms with van der Waals surface area (Å²) in [5, 5.41) is 1.68. The molecule has 0 aliphatic rings. The molecule has 4 nitrogen and oxygen atoms in total. The number of sulfone groups is 1. The third-order valence-electron chi connectivity index (χ3n) is 2.64. The summed E-state index contributed by atoms with van der Waals surface area (Å²) in [6.07, 6.45) is 1.61.